The van der Waals surface area contributed by atoms with Crippen LogP contribution in [0.5, 0.6) is 0 Å². The van der Waals surface area contributed by atoms with Crippen LogP contribution >= 0.6 is 24.0 Å². The fraction of sp³-hybridized carbons (Fsp3) is 0.476. The number of anilines is 1. The summed E-state index contributed by atoms with van der Waals surface area (Å²) >= 11 is 0. The van der Waals surface area contributed by atoms with Crippen molar-refractivity contribution in [3.63, 3.8) is 0 Å². The van der Waals surface area contributed by atoms with Gasteiger partial charge in [0, 0.05) is 64.4 Å². The maximum atomic E-state index is 11.6. The number of aliphatic imine (C=N–C) groups is 1. The molecular formula is C21H32IN7O. The normalized spacial score (nSPS) is 16.7. The van der Waals surface area contributed by atoms with Crippen molar-refractivity contribution in [2.45, 2.75) is 25.9 Å². The van der Waals surface area contributed by atoms with Gasteiger partial charge in [-0.25, -0.2) is 4.98 Å². The average Bonchev–Trinajstić information content (AvgIpc) is 3.13. The molecule has 0 spiro atoms. The lowest BCUT2D eigenvalue weighted by molar-refractivity contribution is -0.122. The number of guanidine groups is 1. The van der Waals surface area contributed by atoms with Crippen LogP contribution in [-0.2, 0) is 24.9 Å². The molecule has 0 radical (unpaired) electrons. The lowest BCUT2D eigenvalue weighted by atomic mass is 9.97. The number of amides is 1. The maximum absolute atomic E-state index is 11.6. The highest BCUT2D eigenvalue weighted by molar-refractivity contribution is 14.0. The molecule has 1 amide bonds. The predicted octanol–water partition coefficient (Wildman–Crippen LogP) is 1.95. The number of carbonyl (C=O) groups excluding carboxylic acids is 1. The first-order valence-corrected chi connectivity index (χ1v) is 9.99. The number of pyridine rings is 1. The van der Waals surface area contributed by atoms with Crippen molar-refractivity contribution < 1.29 is 4.79 Å². The molecule has 8 nitrogen and oxygen atoms in total. The lowest BCUT2D eigenvalue weighted by Crippen LogP contribution is -2.42. The van der Waals surface area contributed by atoms with Gasteiger partial charge in [0.2, 0.25) is 5.91 Å². The Morgan fingerprint density at radius 2 is 2.20 bits per heavy atom. The number of halogens is 1. The molecule has 1 fully saturated rings. The number of primary amides is 1. The van der Waals surface area contributed by atoms with E-state index in [0.29, 0.717) is 13.1 Å². The van der Waals surface area contributed by atoms with Crippen molar-refractivity contribution in [1.82, 2.24) is 19.8 Å². The second-order valence-electron chi connectivity index (χ2n) is 7.54. The zero-order chi connectivity index (χ0) is 20.8. The van der Waals surface area contributed by atoms with Crippen LogP contribution in [0.1, 0.15) is 24.1 Å². The lowest BCUT2D eigenvalue weighted by Gasteiger charge is -2.33. The Morgan fingerprint density at radius 1 is 1.40 bits per heavy atom. The van der Waals surface area contributed by atoms with E-state index in [0.717, 1.165) is 43.3 Å². The van der Waals surface area contributed by atoms with Crippen LogP contribution in [0.15, 0.2) is 41.7 Å². The summed E-state index contributed by atoms with van der Waals surface area (Å²) in [6.45, 7) is 2.87. The van der Waals surface area contributed by atoms with E-state index in [-0.39, 0.29) is 35.8 Å². The molecule has 3 rings (SSSR count). The van der Waals surface area contributed by atoms with Gasteiger partial charge in [0.1, 0.15) is 5.82 Å². The van der Waals surface area contributed by atoms with Gasteiger partial charge in [-0.2, -0.15) is 0 Å². The third-order valence-corrected chi connectivity index (χ3v) is 5.45. The molecule has 9 heteroatoms. The van der Waals surface area contributed by atoms with E-state index in [9.17, 15) is 4.79 Å². The van der Waals surface area contributed by atoms with E-state index in [2.05, 4.69) is 41.8 Å². The maximum Gasteiger partial charge on any atom is 0.222 e. The van der Waals surface area contributed by atoms with Crippen molar-refractivity contribution >= 4 is 41.7 Å². The number of nitrogens with one attached hydrogen (secondary N) is 1. The van der Waals surface area contributed by atoms with Gasteiger partial charge in [-0.15, -0.1) is 24.0 Å². The molecular weight excluding hydrogens is 493 g/mol. The standard InChI is InChI=1S/C21H31N7O.HI/c1-23-21(27(3)15-18-9-6-11-26(18)2)25-13-16-7-4-10-24-20(16)28-12-5-8-17(14-28)19(22)29;/h4,6-7,9-11,17H,5,8,12-15H2,1-3H3,(H2,22,29)(H,23,25);1H. The third-order valence-electron chi connectivity index (χ3n) is 5.45. The van der Waals surface area contributed by atoms with Crippen LogP contribution < -0.4 is 16.0 Å². The molecule has 1 saturated heterocycles. The van der Waals surface area contributed by atoms with E-state index in [1.165, 1.54) is 5.69 Å². The first kappa shape index (κ1) is 24.0. The Balaban J connectivity index is 0.00000320. The molecule has 30 heavy (non-hydrogen) atoms. The minimum Gasteiger partial charge on any atom is -0.369 e. The zero-order valence-corrected chi connectivity index (χ0v) is 20.2. The molecule has 0 aromatic carbocycles. The summed E-state index contributed by atoms with van der Waals surface area (Å²) < 4.78 is 2.11. The largest absolute Gasteiger partial charge is 0.369 e. The number of carbonyl (C=O) groups is 1. The number of rotatable bonds is 6. The Labute approximate surface area is 195 Å². The number of hydrogen-bond donors (Lipinski definition) is 2. The van der Waals surface area contributed by atoms with Crippen LogP contribution in [0.2, 0.25) is 0 Å². The summed E-state index contributed by atoms with van der Waals surface area (Å²) in [6.07, 6.45) is 5.63. The number of piperidine rings is 1. The van der Waals surface area contributed by atoms with E-state index in [4.69, 9.17) is 5.73 Å². The Kier molecular flexibility index (Phi) is 8.94. The van der Waals surface area contributed by atoms with E-state index >= 15 is 0 Å². The van der Waals surface area contributed by atoms with Gasteiger partial charge in [-0.3, -0.25) is 9.79 Å². The van der Waals surface area contributed by atoms with Crippen LogP contribution in [-0.4, -0.2) is 53.5 Å². The summed E-state index contributed by atoms with van der Waals surface area (Å²) in [6, 6.07) is 8.15. The van der Waals surface area contributed by atoms with Crippen LogP contribution in [0, 0.1) is 5.92 Å². The number of aryl methyl sites for hydroxylation is 1. The molecule has 164 valence electrons. The minimum atomic E-state index is -0.229. The topological polar surface area (TPSA) is 91.8 Å². The molecule has 0 bridgehead atoms. The quantitative estimate of drug-likeness (QED) is 0.342. The van der Waals surface area contributed by atoms with Crippen molar-refractivity contribution in [3.8, 4) is 0 Å². The first-order chi connectivity index (χ1) is 14.0. The van der Waals surface area contributed by atoms with Crippen molar-refractivity contribution in [2.75, 3.05) is 32.1 Å². The second-order valence-corrected chi connectivity index (χ2v) is 7.54. The molecule has 3 N–H and O–H groups in total. The summed E-state index contributed by atoms with van der Waals surface area (Å²) in [7, 11) is 5.85. The van der Waals surface area contributed by atoms with Gasteiger partial charge < -0.3 is 25.4 Å². The Hall–Kier alpha value is -2.30. The highest BCUT2D eigenvalue weighted by Crippen LogP contribution is 2.24. The number of nitrogens with zero attached hydrogens (tertiary/aromatic N) is 5. The van der Waals surface area contributed by atoms with Crippen LogP contribution in [0.4, 0.5) is 5.82 Å². The monoisotopic (exact) mass is 525 g/mol. The molecule has 2 aromatic rings. The fourth-order valence-electron chi connectivity index (χ4n) is 3.79. The third kappa shape index (κ3) is 5.87. The molecule has 1 aliphatic rings. The van der Waals surface area contributed by atoms with E-state index in [1.54, 1.807) is 13.2 Å². The minimum absolute atomic E-state index is 0. The second kappa shape index (κ2) is 11.2. The molecule has 1 unspecified atom stereocenters. The van der Waals surface area contributed by atoms with Gasteiger partial charge in [-0.05, 0) is 31.0 Å². The molecule has 0 saturated carbocycles. The summed E-state index contributed by atoms with van der Waals surface area (Å²) in [5.41, 5.74) is 7.83. The summed E-state index contributed by atoms with van der Waals surface area (Å²) in [5, 5.41) is 3.44. The van der Waals surface area contributed by atoms with Crippen molar-refractivity contribution in [2.24, 2.45) is 23.7 Å². The van der Waals surface area contributed by atoms with Gasteiger partial charge in [0.25, 0.3) is 0 Å². The number of aromatic nitrogens is 2. The van der Waals surface area contributed by atoms with Gasteiger partial charge >= 0.3 is 0 Å². The molecule has 1 aliphatic heterocycles. The van der Waals surface area contributed by atoms with Gasteiger partial charge in [-0.1, -0.05) is 6.07 Å². The van der Waals surface area contributed by atoms with Crippen molar-refractivity contribution in [3.05, 3.63) is 47.9 Å². The predicted molar refractivity (Wildman–Crippen MR) is 131 cm³/mol. The Bertz CT molecular complexity index is 867. The summed E-state index contributed by atoms with van der Waals surface area (Å²) in [5.74, 6) is 1.38. The number of nitrogens with two attached hydrogens (primary N) is 1. The van der Waals surface area contributed by atoms with Gasteiger partial charge in [0.15, 0.2) is 5.96 Å². The van der Waals surface area contributed by atoms with E-state index < -0.39 is 0 Å². The Morgan fingerprint density at radius 3 is 2.87 bits per heavy atom. The molecule has 0 aliphatic carbocycles. The summed E-state index contributed by atoms with van der Waals surface area (Å²) in [4.78, 5) is 24.9. The number of hydrogen-bond acceptors (Lipinski definition) is 4. The molecule has 3 heterocycles. The highest BCUT2D eigenvalue weighted by atomic mass is 127. The smallest absolute Gasteiger partial charge is 0.222 e. The van der Waals surface area contributed by atoms with E-state index in [1.807, 2.05) is 32.4 Å². The molecule has 2 aromatic heterocycles. The van der Waals surface area contributed by atoms with Crippen LogP contribution in [0.3, 0.4) is 0 Å². The van der Waals surface area contributed by atoms with Crippen molar-refractivity contribution in [1.29, 1.82) is 0 Å². The van der Waals surface area contributed by atoms with Crippen LogP contribution in [0.25, 0.3) is 0 Å². The molecule has 1 atom stereocenters. The highest BCUT2D eigenvalue weighted by Gasteiger charge is 2.26. The first-order valence-electron chi connectivity index (χ1n) is 9.99. The SMILES string of the molecule is CN=C(NCc1cccnc1N1CCCC(C(N)=O)C1)N(C)Cc1cccn1C.I. The zero-order valence-electron chi connectivity index (χ0n) is 17.9. The van der Waals surface area contributed by atoms with Gasteiger partial charge in [0.05, 0.1) is 12.5 Å². The fourth-order valence-corrected chi connectivity index (χ4v) is 3.79. The average molecular weight is 525 g/mol.